The number of rotatable bonds is 10. The summed E-state index contributed by atoms with van der Waals surface area (Å²) >= 11 is 0. The smallest absolute Gasteiger partial charge is 0.0784 e. The SMILES string of the molecule is CCn1c2ccccc2c2ccnc(CNCCCNCc3nccc4c5ccccc5n(CC)c34)c21. The van der Waals surface area contributed by atoms with Gasteiger partial charge in [0.05, 0.1) is 22.4 Å². The van der Waals surface area contributed by atoms with Gasteiger partial charge in [0, 0.05) is 71.2 Å². The molecule has 0 unspecified atom stereocenters. The standard InChI is InChI=1S/C31H34N6/c1-3-36-28-12-7-5-10-22(28)24-14-18-34-26(30(24)36)20-32-16-9-17-33-21-27-31-25(15-19-35-27)23-11-6-8-13-29(23)37(31)4-2/h5-8,10-15,18-19,32-33H,3-4,9,16-17,20-21H2,1-2H3. The third-order valence-corrected chi connectivity index (χ3v) is 7.43. The monoisotopic (exact) mass is 490 g/mol. The molecule has 0 aliphatic rings. The number of hydrogen-bond acceptors (Lipinski definition) is 4. The van der Waals surface area contributed by atoms with Crippen molar-refractivity contribution in [2.75, 3.05) is 13.1 Å². The second kappa shape index (κ2) is 10.3. The van der Waals surface area contributed by atoms with Crippen LogP contribution in [0.2, 0.25) is 0 Å². The summed E-state index contributed by atoms with van der Waals surface area (Å²) in [4.78, 5) is 9.48. The van der Waals surface area contributed by atoms with Crippen molar-refractivity contribution in [2.24, 2.45) is 0 Å². The summed E-state index contributed by atoms with van der Waals surface area (Å²) in [5.74, 6) is 0. The van der Waals surface area contributed by atoms with Crippen LogP contribution in [-0.4, -0.2) is 32.2 Å². The van der Waals surface area contributed by atoms with E-state index in [4.69, 9.17) is 9.97 Å². The van der Waals surface area contributed by atoms with Gasteiger partial charge >= 0.3 is 0 Å². The van der Waals surface area contributed by atoms with Crippen LogP contribution in [0.1, 0.15) is 31.7 Å². The zero-order chi connectivity index (χ0) is 25.2. The van der Waals surface area contributed by atoms with Crippen LogP contribution in [0.5, 0.6) is 0 Å². The molecular formula is C31H34N6. The van der Waals surface area contributed by atoms with Crippen molar-refractivity contribution in [1.82, 2.24) is 29.7 Å². The first-order valence-electron chi connectivity index (χ1n) is 13.4. The fourth-order valence-corrected chi connectivity index (χ4v) is 5.81. The fraction of sp³-hybridized carbons (Fsp3) is 0.290. The van der Waals surface area contributed by atoms with E-state index in [0.717, 1.165) is 57.1 Å². The Morgan fingerprint density at radius 2 is 1.05 bits per heavy atom. The molecular weight excluding hydrogens is 456 g/mol. The lowest BCUT2D eigenvalue weighted by Crippen LogP contribution is -2.22. The van der Waals surface area contributed by atoms with Crippen LogP contribution in [0, 0.1) is 0 Å². The number of nitrogens with one attached hydrogen (secondary N) is 2. The molecule has 6 heteroatoms. The minimum Gasteiger partial charge on any atom is -0.339 e. The van der Waals surface area contributed by atoms with Gasteiger partial charge in [-0.05, 0) is 57.6 Å². The zero-order valence-corrected chi connectivity index (χ0v) is 21.7. The van der Waals surface area contributed by atoms with Gasteiger partial charge in [-0.1, -0.05) is 36.4 Å². The van der Waals surface area contributed by atoms with Gasteiger partial charge in [-0.2, -0.15) is 0 Å². The van der Waals surface area contributed by atoms with Crippen molar-refractivity contribution < 1.29 is 0 Å². The highest BCUT2D eigenvalue weighted by Gasteiger charge is 2.14. The number of aromatic nitrogens is 4. The van der Waals surface area contributed by atoms with Crippen molar-refractivity contribution in [1.29, 1.82) is 0 Å². The lowest BCUT2D eigenvalue weighted by Gasteiger charge is -2.10. The first-order chi connectivity index (χ1) is 18.3. The van der Waals surface area contributed by atoms with E-state index in [0.29, 0.717) is 0 Å². The number of para-hydroxylation sites is 2. The molecule has 0 saturated carbocycles. The first kappa shape index (κ1) is 23.6. The molecule has 0 aliphatic carbocycles. The van der Waals surface area contributed by atoms with E-state index >= 15 is 0 Å². The van der Waals surface area contributed by atoms with E-state index in [-0.39, 0.29) is 0 Å². The van der Waals surface area contributed by atoms with E-state index in [9.17, 15) is 0 Å². The molecule has 4 heterocycles. The van der Waals surface area contributed by atoms with Crippen LogP contribution in [0.25, 0.3) is 43.6 Å². The predicted molar refractivity (Wildman–Crippen MR) is 154 cm³/mol. The number of aryl methyl sites for hydroxylation is 2. The third-order valence-electron chi connectivity index (χ3n) is 7.43. The Balaban J connectivity index is 1.08. The van der Waals surface area contributed by atoms with Gasteiger partial charge in [-0.15, -0.1) is 0 Å². The summed E-state index contributed by atoms with van der Waals surface area (Å²) in [6.07, 6.45) is 4.92. The molecule has 2 aromatic carbocycles. The molecule has 188 valence electrons. The highest BCUT2D eigenvalue weighted by molar-refractivity contribution is 6.09. The van der Waals surface area contributed by atoms with Gasteiger partial charge in [-0.3, -0.25) is 9.97 Å². The largest absolute Gasteiger partial charge is 0.339 e. The van der Waals surface area contributed by atoms with Crippen molar-refractivity contribution in [2.45, 2.75) is 46.4 Å². The number of fused-ring (bicyclic) bond motifs is 6. The second-order valence-corrected chi connectivity index (χ2v) is 9.54. The van der Waals surface area contributed by atoms with Gasteiger partial charge in [0.2, 0.25) is 0 Å². The van der Waals surface area contributed by atoms with Crippen molar-refractivity contribution in [3.05, 3.63) is 84.4 Å². The molecule has 0 radical (unpaired) electrons. The number of nitrogens with zero attached hydrogens (tertiary/aromatic N) is 4. The van der Waals surface area contributed by atoms with Gasteiger partial charge in [0.1, 0.15) is 0 Å². The summed E-state index contributed by atoms with van der Waals surface area (Å²) in [5, 5.41) is 12.4. The van der Waals surface area contributed by atoms with Crippen molar-refractivity contribution >= 4 is 43.6 Å². The molecule has 6 rings (SSSR count). The molecule has 0 amide bonds. The molecule has 37 heavy (non-hydrogen) atoms. The highest BCUT2D eigenvalue weighted by Crippen LogP contribution is 2.31. The Labute approximate surface area is 217 Å². The normalized spacial score (nSPS) is 11.9. The number of benzene rings is 2. The van der Waals surface area contributed by atoms with Crippen molar-refractivity contribution in [3.8, 4) is 0 Å². The Hall–Kier alpha value is -3.74. The van der Waals surface area contributed by atoms with Crippen LogP contribution < -0.4 is 10.6 Å². The molecule has 6 nitrogen and oxygen atoms in total. The van der Waals surface area contributed by atoms with Gasteiger partial charge < -0.3 is 19.8 Å². The van der Waals surface area contributed by atoms with Crippen LogP contribution in [-0.2, 0) is 26.2 Å². The number of hydrogen-bond donors (Lipinski definition) is 2. The maximum absolute atomic E-state index is 4.74. The fourth-order valence-electron chi connectivity index (χ4n) is 5.81. The molecule has 6 aromatic rings. The topological polar surface area (TPSA) is 59.7 Å². The average molecular weight is 491 g/mol. The highest BCUT2D eigenvalue weighted by atomic mass is 15.0. The summed E-state index contributed by atoms with van der Waals surface area (Å²) in [7, 11) is 0. The van der Waals surface area contributed by atoms with Crippen LogP contribution in [0.3, 0.4) is 0 Å². The molecule has 4 aromatic heterocycles. The Kier molecular flexibility index (Phi) is 6.60. The minimum absolute atomic E-state index is 0.769. The lowest BCUT2D eigenvalue weighted by molar-refractivity contribution is 0.588. The molecule has 2 N–H and O–H groups in total. The third kappa shape index (κ3) is 4.16. The lowest BCUT2D eigenvalue weighted by atomic mass is 10.1. The number of pyridine rings is 2. The molecule has 0 spiro atoms. The summed E-state index contributed by atoms with van der Waals surface area (Å²) in [6, 6.07) is 21.6. The minimum atomic E-state index is 0.769. The molecule has 0 bridgehead atoms. The van der Waals surface area contributed by atoms with E-state index in [2.05, 4.69) is 94.3 Å². The summed E-state index contributed by atoms with van der Waals surface area (Å²) < 4.78 is 4.78. The van der Waals surface area contributed by atoms with Crippen molar-refractivity contribution in [3.63, 3.8) is 0 Å². The molecule has 0 fully saturated rings. The zero-order valence-electron chi connectivity index (χ0n) is 21.7. The Bertz CT molecular complexity index is 1570. The average Bonchev–Trinajstić information content (AvgIpc) is 3.46. The Morgan fingerprint density at radius 1 is 0.595 bits per heavy atom. The van der Waals surface area contributed by atoms with Crippen LogP contribution in [0.15, 0.2) is 73.1 Å². The van der Waals surface area contributed by atoms with E-state index in [1.165, 1.54) is 43.6 Å². The van der Waals surface area contributed by atoms with Crippen LogP contribution >= 0.6 is 0 Å². The first-order valence-corrected chi connectivity index (χ1v) is 13.4. The molecule has 0 atom stereocenters. The van der Waals surface area contributed by atoms with Crippen LogP contribution in [0.4, 0.5) is 0 Å². The predicted octanol–water partition coefficient (Wildman–Crippen LogP) is 6.00. The molecule has 0 saturated heterocycles. The quantitative estimate of drug-likeness (QED) is 0.231. The van der Waals surface area contributed by atoms with Gasteiger partial charge in [0.15, 0.2) is 0 Å². The van der Waals surface area contributed by atoms with E-state index < -0.39 is 0 Å². The van der Waals surface area contributed by atoms with E-state index in [1.807, 2.05) is 12.4 Å². The maximum atomic E-state index is 4.74. The van der Waals surface area contributed by atoms with Gasteiger partial charge in [0.25, 0.3) is 0 Å². The van der Waals surface area contributed by atoms with E-state index in [1.54, 1.807) is 0 Å². The molecule has 0 aliphatic heterocycles. The van der Waals surface area contributed by atoms with Gasteiger partial charge in [-0.25, -0.2) is 0 Å². The second-order valence-electron chi connectivity index (χ2n) is 9.54. The Morgan fingerprint density at radius 3 is 1.51 bits per heavy atom. The summed E-state index contributed by atoms with van der Waals surface area (Å²) in [5.41, 5.74) is 7.30. The maximum Gasteiger partial charge on any atom is 0.0784 e. The summed E-state index contributed by atoms with van der Waals surface area (Å²) in [6.45, 7) is 9.69.